The zero-order valence-electron chi connectivity index (χ0n) is 25.8. The highest BCUT2D eigenvalue weighted by molar-refractivity contribution is 8.00. The van der Waals surface area contributed by atoms with Crippen molar-refractivity contribution < 1.29 is 45.6 Å². The van der Waals surface area contributed by atoms with Gasteiger partial charge >= 0.3 is 25.6 Å². The van der Waals surface area contributed by atoms with Crippen LogP contribution in [-0.4, -0.2) is 57.0 Å². The molecule has 260 valence electrons. The number of nitrogens with zero attached hydrogens (tertiary/aromatic N) is 2. The third-order valence-electron chi connectivity index (χ3n) is 7.29. The van der Waals surface area contributed by atoms with E-state index in [1.807, 2.05) is 5.32 Å². The Hall–Kier alpha value is -1.71. The van der Waals surface area contributed by atoms with Crippen molar-refractivity contribution in [2.24, 2.45) is 0 Å². The summed E-state index contributed by atoms with van der Waals surface area (Å²) in [5.74, 6) is -3.48. The van der Waals surface area contributed by atoms with E-state index in [-0.39, 0.29) is 12.2 Å². The van der Waals surface area contributed by atoms with E-state index in [9.17, 15) is 36.6 Å². The summed E-state index contributed by atoms with van der Waals surface area (Å²) in [6.07, 6.45) is 10.4. The SMILES string of the molecule is CCCCCCCCCCCCCCCC[C@H](COP(=O)(O)OCC1O[C@H](n2cc(F)c(N)nc2=O)CS1)NC(=O)C(F)(F)F. The van der Waals surface area contributed by atoms with Gasteiger partial charge in [-0.05, 0) is 6.42 Å². The van der Waals surface area contributed by atoms with Crippen LogP contribution in [0.5, 0.6) is 0 Å². The van der Waals surface area contributed by atoms with E-state index in [1.54, 1.807) is 0 Å². The number of hydrogen-bond donors (Lipinski definition) is 3. The molecule has 1 amide bonds. The van der Waals surface area contributed by atoms with E-state index in [0.717, 1.165) is 54.6 Å². The van der Waals surface area contributed by atoms with Crippen molar-refractivity contribution in [2.75, 3.05) is 24.7 Å². The van der Waals surface area contributed by atoms with E-state index in [4.69, 9.17) is 19.5 Å². The van der Waals surface area contributed by atoms with Crippen molar-refractivity contribution >= 4 is 31.3 Å². The molecule has 2 heterocycles. The molecule has 1 aromatic heterocycles. The maximum atomic E-state index is 13.7. The summed E-state index contributed by atoms with van der Waals surface area (Å²) in [7, 11) is -4.76. The number of ether oxygens (including phenoxy) is 1. The number of thioether (sulfide) groups is 1. The lowest BCUT2D eigenvalue weighted by Gasteiger charge is -2.21. The first-order valence-electron chi connectivity index (χ1n) is 15.6. The van der Waals surface area contributed by atoms with Crippen LogP contribution in [0.2, 0.25) is 0 Å². The summed E-state index contributed by atoms with van der Waals surface area (Å²) < 4.78 is 81.0. The van der Waals surface area contributed by atoms with Gasteiger partial charge in [0.05, 0.1) is 25.5 Å². The lowest BCUT2D eigenvalue weighted by atomic mass is 10.0. The molecule has 4 atom stereocenters. The molecule has 1 aliphatic rings. The first-order valence-corrected chi connectivity index (χ1v) is 18.2. The van der Waals surface area contributed by atoms with E-state index in [1.165, 1.54) is 51.4 Å². The van der Waals surface area contributed by atoms with Crippen LogP contribution in [0.3, 0.4) is 0 Å². The predicted octanol–water partition coefficient (Wildman–Crippen LogP) is 6.60. The first-order chi connectivity index (χ1) is 21.3. The molecule has 0 spiro atoms. The number of nitrogens with two attached hydrogens (primary N) is 1. The zero-order chi connectivity index (χ0) is 33.3. The maximum absolute atomic E-state index is 13.7. The highest BCUT2D eigenvalue weighted by Crippen LogP contribution is 2.45. The molecule has 0 aromatic carbocycles. The minimum absolute atomic E-state index is 0.115. The van der Waals surface area contributed by atoms with Crippen LogP contribution in [-0.2, 0) is 23.1 Å². The van der Waals surface area contributed by atoms with Crippen molar-refractivity contribution in [3.05, 3.63) is 22.5 Å². The van der Waals surface area contributed by atoms with Crippen LogP contribution in [0.15, 0.2) is 11.0 Å². The van der Waals surface area contributed by atoms with Gasteiger partial charge in [-0.2, -0.15) is 18.2 Å². The maximum Gasteiger partial charge on any atom is 0.472 e. The predicted molar refractivity (Wildman–Crippen MR) is 164 cm³/mol. The molecule has 4 N–H and O–H groups in total. The number of amides is 1. The molecule has 11 nitrogen and oxygen atoms in total. The topological polar surface area (TPSA) is 155 Å². The van der Waals surface area contributed by atoms with Gasteiger partial charge in [0.15, 0.2) is 11.6 Å². The van der Waals surface area contributed by atoms with Crippen LogP contribution < -0.4 is 16.7 Å². The Balaban J connectivity index is 1.70. The van der Waals surface area contributed by atoms with E-state index < -0.39 is 68.2 Å². The monoisotopic (exact) mass is 690 g/mol. The number of hydrogen-bond acceptors (Lipinski definition) is 9. The number of halogens is 4. The van der Waals surface area contributed by atoms with Gasteiger partial charge in [-0.15, -0.1) is 11.8 Å². The van der Waals surface area contributed by atoms with E-state index >= 15 is 0 Å². The normalized spacial score (nSPS) is 19.0. The Morgan fingerprint density at radius 3 is 2.22 bits per heavy atom. The average molecular weight is 691 g/mol. The smallest absolute Gasteiger partial charge is 0.381 e. The molecule has 1 aliphatic heterocycles. The Labute approximate surface area is 266 Å². The molecule has 0 radical (unpaired) electrons. The Morgan fingerprint density at radius 1 is 1.11 bits per heavy atom. The Morgan fingerprint density at radius 2 is 1.67 bits per heavy atom. The number of phosphoric acid groups is 1. The second-order valence-electron chi connectivity index (χ2n) is 11.1. The molecule has 0 aliphatic carbocycles. The van der Waals surface area contributed by atoms with Gasteiger partial charge in [-0.25, -0.2) is 13.8 Å². The van der Waals surface area contributed by atoms with Gasteiger partial charge in [-0.1, -0.05) is 96.8 Å². The second kappa shape index (κ2) is 20.5. The van der Waals surface area contributed by atoms with Crippen LogP contribution in [0.25, 0.3) is 0 Å². The molecular weight excluding hydrogens is 643 g/mol. The Bertz CT molecular complexity index is 1130. The molecule has 0 bridgehead atoms. The fraction of sp³-hybridized carbons (Fsp3) is 0.821. The third kappa shape index (κ3) is 16.1. The molecule has 2 unspecified atom stereocenters. The van der Waals surface area contributed by atoms with Crippen molar-refractivity contribution in [1.29, 1.82) is 0 Å². The lowest BCUT2D eigenvalue weighted by molar-refractivity contribution is -0.174. The number of anilines is 1. The van der Waals surface area contributed by atoms with Crippen LogP contribution in [0, 0.1) is 5.82 Å². The quantitative estimate of drug-likeness (QED) is 0.0650. The number of rotatable bonds is 23. The molecule has 2 rings (SSSR count). The van der Waals surface area contributed by atoms with Gasteiger partial charge in [-0.3, -0.25) is 18.4 Å². The van der Waals surface area contributed by atoms with Crippen molar-refractivity contribution in [3.8, 4) is 0 Å². The number of carbonyl (C=O) groups is 1. The van der Waals surface area contributed by atoms with Gasteiger partial charge in [0.2, 0.25) is 0 Å². The zero-order valence-corrected chi connectivity index (χ0v) is 27.5. The highest BCUT2D eigenvalue weighted by atomic mass is 32.2. The highest BCUT2D eigenvalue weighted by Gasteiger charge is 2.40. The largest absolute Gasteiger partial charge is 0.472 e. The van der Waals surface area contributed by atoms with Crippen LogP contribution in [0.4, 0.5) is 23.4 Å². The number of carbonyl (C=O) groups excluding carboxylic acids is 1. The summed E-state index contributed by atoms with van der Waals surface area (Å²) in [5.41, 5.74) is 3.58. The number of aromatic nitrogens is 2. The molecule has 45 heavy (non-hydrogen) atoms. The molecule has 17 heteroatoms. The van der Waals surface area contributed by atoms with Crippen molar-refractivity contribution in [1.82, 2.24) is 14.9 Å². The summed E-state index contributed by atoms with van der Waals surface area (Å²) in [4.78, 5) is 37.0. The van der Waals surface area contributed by atoms with E-state index in [0.29, 0.717) is 6.42 Å². The van der Waals surface area contributed by atoms with Crippen molar-refractivity contribution in [2.45, 2.75) is 127 Å². The number of unbranched alkanes of at least 4 members (excludes halogenated alkanes) is 13. The number of nitrogens with one attached hydrogen (secondary N) is 1. The molecule has 1 aromatic rings. The van der Waals surface area contributed by atoms with Crippen LogP contribution in [0.1, 0.15) is 109 Å². The summed E-state index contributed by atoms with van der Waals surface area (Å²) in [6.45, 7) is 1.05. The molecule has 0 saturated carbocycles. The second-order valence-corrected chi connectivity index (χ2v) is 13.8. The summed E-state index contributed by atoms with van der Waals surface area (Å²) in [6, 6.07) is -1.16. The molecular formula is C28H47F4N4O7PS. The molecule has 1 saturated heterocycles. The van der Waals surface area contributed by atoms with Crippen LogP contribution >= 0.6 is 19.6 Å². The first kappa shape index (κ1) is 39.5. The number of alkyl halides is 3. The number of nitrogen functional groups attached to an aromatic ring is 1. The number of phosphoric ester groups is 1. The minimum Gasteiger partial charge on any atom is -0.381 e. The van der Waals surface area contributed by atoms with Gasteiger partial charge < -0.3 is 20.7 Å². The van der Waals surface area contributed by atoms with Gasteiger partial charge in [0.25, 0.3) is 0 Å². The standard InChI is InChI=1S/C28H47F4N4O7PS/c1-2-3-4-5-6-7-8-9-10-11-12-13-14-15-16-21(34-26(37)28(30,31)32)18-41-44(39,40)42-19-24-43-23(20-45-24)36-17-22(29)25(33)35-27(36)38/h17,21,23-24H,2-16,18-20H2,1H3,(H,34,37)(H,39,40)(H2,33,35,38)/t21-,23+,24?/m1/s1. The summed E-state index contributed by atoms with van der Waals surface area (Å²) >= 11 is 1.11. The fourth-order valence-corrected chi connectivity index (χ4v) is 6.62. The minimum atomic E-state index is -5.12. The van der Waals surface area contributed by atoms with Gasteiger partial charge in [0, 0.05) is 5.75 Å². The van der Waals surface area contributed by atoms with Gasteiger partial charge in [0.1, 0.15) is 11.7 Å². The van der Waals surface area contributed by atoms with E-state index in [2.05, 4.69) is 11.9 Å². The van der Waals surface area contributed by atoms with Crippen molar-refractivity contribution in [3.63, 3.8) is 0 Å². The summed E-state index contributed by atoms with van der Waals surface area (Å²) in [5, 5.41) is 1.83. The average Bonchev–Trinajstić information content (AvgIpc) is 3.45. The third-order valence-corrected chi connectivity index (χ3v) is 9.34. The molecule has 1 fully saturated rings. The fourth-order valence-electron chi connectivity index (χ4n) is 4.77. The Kier molecular flexibility index (Phi) is 18.0. The lowest BCUT2D eigenvalue weighted by Crippen LogP contribution is -2.45.